The number of carbonyl (C=O) groups is 3. The molecule has 0 spiro atoms. The summed E-state index contributed by atoms with van der Waals surface area (Å²) in [5.41, 5.74) is 1.79. The smallest absolute Gasteiger partial charge is 0.294 e. The third-order valence-corrected chi connectivity index (χ3v) is 7.20. The molecule has 2 heterocycles. The minimum Gasteiger partial charge on any atom is -0.450 e. The van der Waals surface area contributed by atoms with Crippen LogP contribution in [0, 0.1) is 6.92 Å². The maximum atomic E-state index is 12.7. The summed E-state index contributed by atoms with van der Waals surface area (Å²) >= 11 is 3.82. The van der Waals surface area contributed by atoms with Crippen LogP contribution in [0.3, 0.4) is 0 Å². The molecule has 0 atom stereocenters. The minimum atomic E-state index is -0.512. The van der Waals surface area contributed by atoms with E-state index in [1.807, 2.05) is 61.7 Å². The third kappa shape index (κ3) is 5.93. The summed E-state index contributed by atoms with van der Waals surface area (Å²) in [6.07, 6.45) is 3.47. The molecule has 1 fully saturated rings. The summed E-state index contributed by atoms with van der Waals surface area (Å²) in [4.78, 5) is 40.7. The lowest BCUT2D eigenvalue weighted by molar-refractivity contribution is -0.127. The Balaban J connectivity index is 1.39. The molecule has 0 radical (unpaired) electrons. The van der Waals surface area contributed by atoms with Crippen LogP contribution < -0.4 is 5.32 Å². The number of anilines is 1. The summed E-state index contributed by atoms with van der Waals surface area (Å²) in [7, 11) is 0. The van der Waals surface area contributed by atoms with Crippen LogP contribution in [-0.2, 0) is 9.59 Å². The molecular formula is C24H20N2O4S3. The van der Waals surface area contributed by atoms with Crippen LogP contribution in [0.15, 0.2) is 84.9 Å². The number of hydrogen-bond acceptors (Lipinski definition) is 7. The normalized spacial score (nSPS) is 14.8. The van der Waals surface area contributed by atoms with E-state index in [4.69, 9.17) is 4.42 Å². The lowest BCUT2D eigenvalue weighted by Crippen LogP contribution is -2.36. The van der Waals surface area contributed by atoms with Crippen molar-refractivity contribution in [3.63, 3.8) is 0 Å². The molecule has 0 bridgehead atoms. The van der Waals surface area contributed by atoms with Crippen molar-refractivity contribution in [2.24, 2.45) is 0 Å². The fourth-order valence-electron chi connectivity index (χ4n) is 3.00. The Morgan fingerprint density at radius 3 is 2.64 bits per heavy atom. The van der Waals surface area contributed by atoms with Crippen LogP contribution in [0.25, 0.3) is 6.08 Å². The second-order valence-electron chi connectivity index (χ2n) is 7.12. The Bertz CT molecular complexity index is 1230. The van der Waals surface area contributed by atoms with Crippen molar-refractivity contribution in [3.05, 3.63) is 76.9 Å². The first kappa shape index (κ1) is 23.3. The standard InChI is InChI=1S/C24H20N2O4S3/c1-15-6-9-18(10-7-15)32-22-11-8-17(30-22)13-20-23(28)26(24(29)33-20)14-21(27)25-16-4-3-5-19(12-16)31-2/h3-13H,14H2,1-2H3,(H,25,27)/b20-13-. The van der Waals surface area contributed by atoms with Gasteiger partial charge >= 0.3 is 0 Å². The zero-order valence-electron chi connectivity index (χ0n) is 17.9. The number of aryl methyl sites for hydroxylation is 1. The molecule has 1 aliphatic rings. The van der Waals surface area contributed by atoms with Gasteiger partial charge in [-0.05, 0) is 67.4 Å². The van der Waals surface area contributed by atoms with E-state index in [2.05, 4.69) is 5.32 Å². The van der Waals surface area contributed by atoms with Crippen LogP contribution in [-0.4, -0.2) is 34.8 Å². The first-order valence-electron chi connectivity index (χ1n) is 9.95. The molecular weight excluding hydrogens is 476 g/mol. The van der Waals surface area contributed by atoms with Gasteiger partial charge in [-0.3, -0.25) is 19.3 Å². The van der Waals surface area contributed by atoms with Gasteiger partial charge in [-0.2, -0.15) is 0 Å². The van der Waals surface area contributed by atoms with E-state index in [1.54, 1.807) is 23.9 Å². The highest BCUT2D eigenvalue weighted by Gasteiger charge is 2.36. The number of rotatable bonds is 7. The molecule has 1 N–H and O–H groups in total. The number of benzene rings is 2. The summed E-state index contributed by atoms with van der Waals surface area (Å²) in [6, 6.07) is 19.0. The van der Waals surface area contributed by atoms with Crippen molar-refractivity contribution < 1.29 is 18.8 Å². The zero-order valence-corrected chi connectivity index (χ0v) is 20.3. The van der Waals surface area contributed by atoms with Gasteiger partial charge in [0, 0.05) is 21.6 Å². The van der Waals surface area contributed by atoms with Crippen LogP contribution in [0.1, 0.15) is 11.3 Å². The molecule has 2 aromatic carbocycles. The van der Waals surface area contributed by atoms with Crippen LogP contribution in [0.5, 0.6) is 0 Å². The first-order valence-corrected chi connectivity index (χ1v) is 12.8. The predicted molar refractivity (Wildman–Crippen MR) is 134 cm³/mol. The highest BCUT2D eigenvalue weighted by molar-refractivity contribution is 8.18. The average molecular weight is 497 g/mol. The van der Waals surface area contributed by atoms with Crippen molar-refractivity contribution in [2.45, 2.75) is 21.8 Å². The number of hydrogen-bond donors (Lipinski definition) is 1. The SMILES string of the molecule is CSc1cccc(NC(=O)CN2C(=O)S/C(=C\c3ccc(Sc4ccc(C)cc4)o3)C2=O)c1. The number of amides is 3. The molecule has 1 saturated heterocycles. The van der Waals surface area contributed by atoms with Gasteiger partial charge in [0.15, 0.2) is 5.09 Å². The van der Waals surface area contributed by atoms with Gasteiger partial charge in [0.1, 0.15) is 12.3 Å². The summed E-state index contributed by atoms with van der Waals surface area (Å²) in [5.74, 6) is -0.484. The topological polar surface area (TPSA) is 79.6 Å². The number of imide groups is 1. The van der Waals surface area contributed by atoms with Gasteiger partial charge in [0.05, 0.1) is 4.91 Å². The Labute approximate surface area is 204 Å². The predicted octanol–water partition coefficient (Wildman–Crippen LogP) is 6.14. The van der Waals surface area contributed by atoms with Gasteiger partial charge < -0.3 is 9.73 Å². The molecule has 1 aromatic heterocycles. The Hall–Kier alpha value is -2.88. The van der Waals surface area contributed by atoms with Gasteiger partial charge in [-0.15, -0.1) is 11.8 Å². The fourth-order valence-corrected chi connectivity index (χ4v) is 5.06. The lowest BCUT2D eigenvalue weighted by Gasteiger charge is -2.12. The van der Waals surface area contributed by atoms with Gasteiger partial charge in [0.25, 0.3) is 11.1 Å². The van der Waals surface area contributed by atoms with Crippen molar-refractivity contribution in [2.75, 3.05) is 18.1 Å². The number of carbonyl (C=O) groups excluding carboxylic acids is 3. The van der Waals surface area contributed by atoms with Crippen molar-refractivity contribution in [1.82, 2.24) is 4.90 Å². The average Bonchev–Trinajstić information content (AvgIpc) is 3.34. The minimum absolute atomic E-state index is 0.221. The van der Waals surface area contributed by atoms with Crippen molar-refractivity contribution >= 4 is 64.1 Å². The molecule has 9 heteroatoms. The highest BCUT2D eigenvalue weighted by Crippen LogP contribution is 2.34. The Kier molecular flexibility index (Phi) is 7.32. The van der Waals surface area contributed by atoms with E-state index in [-0.39, 0.29) is 11.4 Å². The van der Waals surface area contributed by atoms with E-state index < -0.39 is 17.1 Å². The fraction of sp³-hybridized carbons (Fsp3) is 0.125. The highest BCUT2D eigenvalue weighted by atomic mass is 32.2. The van der Waals surface area contributed by atoms with Crippen LogP contribution in [0.4, 0.5) is 10.5 Å². The van der Waals surface area contributed by atoms with E-state index in [9.17, 15) is 14.4 Å². The lowest BCUT2D eigenvalue weighted by atomic mass is 10.2. The first-order chi connectivity index (χ1) is 15.9. The molecule has 0 unspecified atom stereocenters. The second-order valence-corrected chi connectivity index (χ2v) is 10.1. The van der Waals surface area contributed by atoms with Crippen LogP contribution >= 0.6 is 35.3 Å². The summed E-state index contributed by atoms with van der Waals surface area (Å²) < 4.78 is 5.79. The molecule has 33 heavy (non-hydrogen) atoms. The number of nitrogens with zero attached hydrogens (tertiary/aromatic N) is 1. The Morgan fingerprint density at radius 2 is 1.88 bits per heavy atom. The Morgan fingerprint density at radius 1 is 1.09 bits per heavy atom. The van der Waals surface area contributed by atoms with Crippen molar-refractivity contribution in [3.8, 4) is 0 Å². The molecule has 4 rings (SSSR count). The largest absolute Gasteiger partial charge is 0.450 e. The summed E-state index contributed by atoms with van der Waals surface area (Å²) in [6.45, 7) is 1.68. The number of nitrogens with one attached hydrogen (secondary N) is 1. The zero-order chi connectivity index (χ0) is 23.4. The van der Waals surface area contributed by atoms with Crippen LogP contribution in [0.2, 0.25) is 0 Å². The van der Waals surface area contributed by atoms with E-state index in [0.29, 0.717) is 16.5 Å². The molecule has 0 saturated carbocycles. The van der Waals surface area contributed by atoms with Gasteiger partial charge in [-0.25, -0.2) is 0 Å². The van der Waals surface area contributed by atoms with Crippen molar-refractivity contribution in [1.29, 1.82) is 0 Å². The van der Waals surface area contributed by atoms with E-state index in [1.165, 1.54) is 23.4 Å². The molecule has 3 amide bonds. The molecule has 168 valence electrons. The maximum Gasteiger partial charge on any atom is 0.294 e. The second kappa shape index (κ2) is 10.4. The van der Waals surface area contributed by atoms with E-state index in [0.717, 1.165) is 26.5 Å². The van der Waals surface area contributed by atoms with Gasteiger partial charge in [0.2, 0.25) is 5.91 Å². The quantitative estimate of drug-likeness (QED) is 0.311. The number of furan rings is 1. The number of thioether (sulfide) groups is 2. The molecule has 1 aliphatic heterocycles. The maximum absolute atomic E-state index is 12.7. The molecule has 0 aliphatic carbocycles. The van der Waals surface area contributed by atoms with Gasteiger partial charge in [-0.1, -0.05) is 35.5 Å². The monoisotopic (exact) mass is 496 g/mol. The van der Waals surface area contributed by atoms with E-state index >= 15 is 0 Å². The third-order valence-electron chi connectivity index (χ3n) is 4.64. The molecule has 3 aromatic rings. The summed E-state index contributed by atoms with van der Waals surface area (Å²) in [5, 5.41) is 2.92. The molecule has 6 nitrogen and oxygen atoms in total.